The number of hydrogen-bond donors (Lipinski definition) is 1. The molecule has 0 unspecified atom stereocenters. The zero-order valence-corrected chi connectivity index (χ0v) is 10.4. The fraction of sp³-hybridized carbons (Fsp3) is 0.0833. The van der Waals surface area contributed by atoms with Gasteiger partial charge in [-0.05, 0) is 40.6 Å². The summed E-state index contributed by atoms with van der Waals surface area (Å²) in [5.41, 5.74) is 0.904. The predicted octanol–water partition coefficient (Wildman–Crippen LogP) is 3.88. The Morgan fingerprint density at radius 3 is 2.88 bits per heavy atom. The lowest BCUT2D eigenvalue weighted by molar-refractivity contribution is 0.0691. The van der Waals surface area contributed by atoms with Gasteiger partial charge < -0.3 is 5.11 Å². The maximum atomic E-state index is 13.1. The zero-order valence-electron chi connectivity index (χ0n) is 8.72. The van der Waals surface area contributed by atoms with E-state index in [2.05, 4.69) is 0 Å². The van der Waals surface area contributed by atoms with Crippen molar-refractivity contribution in [3.8, 4) is 0 Å². The van der Waals surface area contributed by atoms with Crippen LogP contribution in [0.1, 0.15) is 15.9 Å². The molecule has 1 aromatic carbocycles. The van der Waals surface area contributed by atoms with Crippen LogP contribution in [0.5, 0.6) is 0 Å². The van der Waals surface area contributed by atoms with E-state index in [4.69, 9.17) is 5.11 Å². The molecule has 0 radical (unpaired) electrons. The normalized spacial score (nSPS) is 10.4. The van der Waals surface area contributed by atoms with E-state index in [0.29, 0.717) is 0 Å². The molecule has 0 aliphatic rings. The van der Waals surface area contributed by atoms with Gasteiger partial charge in [-0.2, -0.15) is 11.3 Å². The number of carboxylic acids is 1. The molecule has 2 nitrogen and oxygen atoms in total. The Balaban J connectivity index is 2.11. The molecule has 88 valence electrons. The first kappa shape index (κ1) is 12.1. The first-order valence-corrected chi connectivity index (χ1v) is 6.76. The molecule has 2 aromatic rings. The van der Waals surface area contributed by atoms with Gasteiger partial charge >= 0.3 is 5.97 Å². The fourth-order valence-corrected chi connectivity index (χ4v) is 2.95. The summed E-state index contributed by atoms with van der Waals surface area (Å²) in [6, 6.07) is 6.17. The monoisotopic (exact) mass is 268 g/mol. The number of benzene rings is 1. The second-order valence-corrected chi connectivity index (χ2v) is 5.20. The van der Waals surface area contributed by atoms with Crippen LogP contribution in [0.3, 0.4) is 0 Å². The maximum Gasteiger partial charge on any atom is 0.338 e. The molecule has 1 heterocycles. The molecule has 0 aliphatic carbocycles. The van der Waals surface area contributed by atoms with Crippen molar-refractivity contribution in [2.24, 2.45) is 0 Å². The molecule has 1 N–H and O–H groups in total. The molecule has 0 amide bonds. The molecular formula is C12H9FO2S2. The van der Waals surface area contributed by atoms with Crippen molar-refractivity contribution in [2.45, 2.75) is 10.6 Å². The van der Waals surface area contributed by atoms with E-state index in [-0.39, 0.29) is 5.56 Å². The van der Waals surface area contributed by atoms with Gasteiger partial charge in [-0.3, -0.25) is 0 Å². The number of thiophene rings is 1. The van der Waals surface area contributed by atoms with Gasteiger partial charge in [0, 0.05) is 10.6 Å². The first-order chi connectivity index (χ1) is 8.16. The number of aromatic carboxylic acids is 1. The van der Waals surface area contributed by atoms with E-state index >= 15 is 0 Å². The summed E-state index contributed by atoms with van der Waals surface area (Å²) in [5, 5.41) is 12.8. The van der Waals surface area contributed by atoms with E-state index in [1.165, 1.54) is 29.5 Å². The summed E-state index contributed by atoms with van der Waals surface area (Å²) in [7, 11) is 0. The summed E-state index contributed by atoms with van der Waals surface area (Å²) < 4.78 is 13.1. The smallest absolute Gasteiger partial charge is 0.338 e. The predicted molar refractivity (Wildman–Crippen MR) is 67.2 cm³/mol. The third kappa shape index (κ3) is 3.08. The van der Waals surface area contributed by atoms with Gasteiger partial charge in [0.2, 0.25) is 0 Å². The summed E-state index contributed by atoms with van der Waals surface area (Å²) in [4.78, 5) is 11.5. The standard InChI is InChI=1S/C12H9FO2S2/c13-11-2-1-9(5-10(11)12(14)15)17-7-8-3-4-16-6-8/h1-6H,7H2,(H,14,15). The minimum absolute atomic E-state index is 0.277. The van der Waals surface area contributed by atoms with Crippen LogP contribution in [0.4, 0.5) is 4.39 Å². The number of rotatable bonds is 4. The SMILES string of the molecule is O=C(O)c1cc(SCc2ccsc2)ccc1F. The highest BCUT2D eigenvalue weighted by molar-refractivity contribution is 7.98. The molecule has 0 fully saturated rings. The highest BCUT2D eigenvalue weighted by Crippen LogP contribution is 2.25. The van der Waals surface area contributed by atoms with Gasteiger partial charge in [-0.25, -0.2) is 9.18 Å². The van der Waals surface area contributed by atoms with E-state index in [9.17, 15) is 9.18 Å². The van der Waals surface area contributed by atoms with Gasteiger partial charge in [0.25, 0.3) is 0 Å². The van der Waals surface area contributed by atoms with E-state index in [1.807, 2.05) is 16.8 Å². The van der Waals surface area contributed by atoms with E-state index < -0.39 is 11.8 Å². The lowest BCUT2D eigenvalue weighted by atomic mass is 10.2. The van der Waals surface area contributed by atoms with Crippen LogP contribution in [-0.2, 0) is 5.75 Å². The van der Waals surface area contributed by atoms with Crippen molar-refractivity contribution in [1.82, 2.24) is 0 Å². The first-order valence-electron chi connectivity index (χ1n) is 4.83. The minimum Gasteiger partial charge on any atom is -0.478 e. The minimum atomic E-state index is -1.24. The second-order valence-electron chi connectivity index (χ2n) is 3.37. The van der Waals surface area contributed by atoms with Crippen LogP contribution in [0.15, 0.2) is 39.9 Å². The van der Waals surface area contributed by atoms with Crippen LogP contribution in [0.2, 0.25) is 0 Å². The second kappa shape index (κ2) is 5.33. The Bertz CT molecular complexity index is 523. The van der Waals surface area contributed by atoms with Crippen LogP contribution in [0.25, 0.3) is 0 Å². The zero-order chi connectivity index (χ0) is 12.3. The Morgan fingerprint density at radius 1 is 1.41 bits per heavy atom. The summed E-state index contributed by atoms with van der Waals surface area (Å²) in [6.45, 7) is 0. The van der Waals surface area contributed by atoms with Crippen LogP contribution in [-0.4, -0.2) is 11.1 Å². The van der Waals surface area contributed by atoms with Crippen LogP contribution >= 0.6 is 23.1 Å². The Labute approximate surface area is 106 Å². The molecule has 0 saturated heterocycles. The van der Waals surface area contributed by atoms with Gasteiger partial charge in [0.15, 0.2) is 0 Å². The molecule has 5 heteroatoms. The van der Waals surface area contributed by atoms with Crippen LogP contribution in [0, 0.1) is 5.82 Å². The van der Waals surface area contributed by atoms with Crippen molar-refractivity contribution in [3.05, 3.63) is 52.0 Å². The molecule has 17 heavy (non-hydrogen) atoms. The molecule has 2 rings (SSSR count). The average Bonchev–Trinajstić information content (AvgIpc) is 2.80. The Morgan fingerprint density at radius 2 is 2.24 bits per heavy atom. The maximum absolute atomic E-state index is 13.1. The highest BCUT2D eigenvalue weighted by Gasteiger charge is 2.10. The van der Waals surface area contributed by atoms with E-state index in [1.54, 1.807) is 17.4 Å². The third-order valence-corrected chi connectivity index (χ3v) is 3.95. The number of hydrogen-bond acceptors (Lipinski definition) is 3. The van der Waals surface area contributed by atoms with Gasteiger partial charge in [0.1, 0.15) is 5.82 Å². The van der Waals surface area contributed by atoms with E-state index in [0.717, 1.165) is 10.6 Å². The highest BCUT2D eigenvalue weighted by atomic mass is 32.2. The van der Waals surface area contributed by atoms with Gasteiger partial charge in [0.05, 0.1) is 5.56 Å². The Kier molecular flexibility index (Phi) is 3.81. The van der Waals surface area contributed by atoms with Crippen molar-refractivity contribution < 1.29 is 14.3 Å². The third-order valence-electron chi connectivity index (χ3n) is 2.15. The summed E-state index contributed by atoms with van der Waals surface area (Å²) in [6.07, 6.45) is 0. The molecule has 0 atom stereocenters. The quantitative estimate of drug-likeness (QED) is 0.855. The topological polar surface area (TPSA) is 37.3 Å². The number of halogens is 1. The van der Waals surface area contributed by atoms with Crippen molar-refractivity contribution in [1.29, 1.82) is 0 Å². The largest absolute Gasteiger partial charge is 0.478 e. The number of thioether (sulfide) groups is 1. The van der Waals surface area contributed by atoms with Crippen molar-refractivity contribution >= 4 is 29.1 Å². The molecule has 0 saturated carbocycles. The van der Waals surface area contributed by atoms with Crippen molar-refractivity contribution in [3.63, 3.8) is 0 Å². The lowest BCUT2D eigenvalue weighted by Crippen LogP contribution is -2.00. The summed E-state index contributed by atoms with van der Waals surface area (Å²) >= 11 is 3.11. The average molecular weight is 268 g/mol. The molecule has 1 aromatic heterocycles. The Hall–Kier alpha value is -1.33. The molecular weight excluding hydrogens is 259 g/mol. The fourth-order valence-electron chi connectivity index (χ4n) is 1.30. The lowest BCUT2D eigenvalue weighted by Gasteiger charge is -2.02. The van der Waals surface area contributed by atoms with Gasteiger partial charge in [-0.15, -0.1) is 11.8 Å². The molecule has 0 bridgehead atoms. The number of carbonyl (C=O) groups is 1. The summed E-state index contributed by atoms with van der Waals surface area (Å²) in [5.74, 6) is -1.17. The van der Waals surface area contributed by atoms with Gasteiger partial charge in [-0.1, -0.05) is 0 Å². The number of carboxylic acid groups (broad SMARTS) is 1. The molecule has 0 aliphatic heterocycles. The molecule has 0 spiro atoms. The van der Waals surface area contributed by atoms with Crippen LogP contribution < -0.4 is 0 Å². The van der Waals surface area contributed by atoms with Crippen molar-refractivity contribution in [2.75, 3.05) is 0 Å².